The van der Waals surface area contributed by atoms with Gasteiger partial charge in [-0.2, -0.15) is 0 Å². The molecule has 0 saturated heterocycles. The SMILES string of the molecule is C[C@@H](OC(=O)c1cc2ccccc2cc1O)C(=O)Nc1ccc(Oc2ccccc2)cc1. The number of phenols is 1. The quantitative estimate of drug-likeness (QED) is 0.396. The van der Waals surface area contributed by atoms with E-state index in [1.165, 1.54) is 13.0 Å². The number of hydrogen-bond acceptors (Lipinski definition) is 5. The van der Waals surface area contributed by atoms with Crippen molar-refractivity contribution in [1.82, 2.24) is 0 Å². The van der Waals surface area contributed by atoms with Crippen LogP contribution in [0.1, 0.15) is 17.3 Å². The lowest BCUT2D eigenvalue weighted by atomic mass is 10.1. The number of para-hydroxylation sites is 1. The van der Waals surface area contributed by atoms with Crippen molar-refractivity contribution < 1.29 is 24.2 Å². The Morgan fingerprint density at radius 3 is 2.09 bits per heavy atom. The Labute approximate surface area is 185 Å². The highest BCUT2D eigenvalue weighted by atomic mass is 16.5. The Morgan fingerprint density at radius 1 is 0.812 bits per heavy atom. The van der Waals surface area contributed by atoms with Crippen LogP contribution in [0.25, 0.3) is 10.8 Å². The molecule has 6 nitrogen and oxygen atoms in total. The van der Waals surface area contributed by atoms with Gasteiger partial charge >= 0.3 is 5.97 Å². The van der Waals surface area contributed by atoms with Crippen molar-refractivity contribution in [2.75, 3.05) is 5.32 Å². The first-order valence-electron chi connectivity index (χ1n) is 10.1. The van der Waals surface area contributed by atoms with Crippen molar-refractivity contribution in [3.05, 3.63) is 96.6 Å². The number of esters is 1. The smallest absolute Gasteiger partial charge is 0.342 e. The van der Waals surface area contributed by atoms with Crippen LogP contribution in [0, 0.1) is 0 Å². The highest BCUT2D eigenvalue weighted by Crippen LogP contribution is 2.26. The third-order valence-electron chi connectivity index (χ3n) is 4.84. The van der Waals surface area contributed by atoms with Gasteiger partial charge in [0.1, 0.15) is 22.8 Å². The summed E-state index contributed by atoms with van der Waals surface area (Å²) in [6.45, 7) is 1.47. The minimum atomic E-state index is -1.06. The van der Waals surface area contributed by atoms with Gasteiger partial charge in [-0.1, -0.05) is 42.5 Å². The summed E-state index contributed by atoms with van der Waals surface area (Å²) in [7, 11) is 0. The molecule has 160 valence electrons. The standard InChI is InChI=1S/C26H21NO5/c1-17(31-26(30)23-15-18-7-5-6-8-19(18)16-24(23)28)25(29)27-20-11-13-22(14-12-20)32-21-9-3-2-4-10-21/h2-17,28H,1H3,(H,27,29)/t17-/m1/s1. The van der Waals surface area contributed by atoms with E-state index < -0.39 is 18.0 Å². The lowest BCUT2D eigenvalue weighted by Crippen LogP contribution is -2.30. The molecule has 6 heteroatoms. The predicted octanol–water partition coefficient (Wildman–Crippen LogP) is 5.52. The van der Waals surface area contributed by atoms with Crippen LogP contribution in [-0.2, 0) is 9.53 Å². The average molecular weight is 427 g/mol. The molecule has 4 rings (SSSR count). The molecule has 1 amide bonds. The van der Waals surface area contributed by atoms with E-state index >= 15 is 0 Å². The summed E-state index contributed by atoms with van der Waals surface area (Å²) in [6.07, 6.45) is -1.06. The third kappa shape index (κ3) is 4.87. The second-order valence-corrected chi connectivity index (χ2v) is 7.19. The van der Waals surface area contributed by atoms with Gasteiger partial charge in [-0.05, 0) is 66.2 Å². The average Bonchev–Trinajstić information content (AvgIpc) is 2.80. The van der Waals surface area contributed by atoms with Crippen LogP contribution < -0.4 is 10.1 Å². The number of phenolic OH excluding ortho intramolecular Hbond substituents is 1. The molecule has 0 heterocycles. The molecule has 0 spiro atoms. The van der Waals surface area contributed by atoms with Crippen molar-refractivity contribution in [1.29, 1.82) is 0 Å². The maximum Gasteiger partial charge on any atom is 0.342 e. The van der Waals surface area contributed by atoms with E-state index in [1.807, 2.05) is 54.6 Å². The summed E-state index contributed by atoms with van der Waals surface area (Å²) >= 11 is 0. The molecule has 0 bridgehead atoms. The minimum Gasteiger partial charge on any atom is -0.507 e. The Kier molecular flexibility index (Phi) is 6.03. The van der Waals surface area contributed by atoms with E-state index in [0.717, 1.165) is 10.8 Å². The molecule has 0 aliphatic heterocycles. The number of aromatic hydroxyl groups is 1. The number of amides is 1. The van der Waals surface area contributed by atoms with Crippen molar-refractivity contribution in [2.24, 2.45) is 0 Å². The van der Waals surface area contributed by atoms with Gasteiger partial charge in [0, 0.05) is 5.69 Å². The highest BCUT2D eigenvalue weighted by molar-refractivity contribution is 6.01. The third-order valence-corrected chi connectivity index (χ3v) is 4.84. The maximum absolute atomic E-state index is 12.5. The first-order valence-corrected chi connectivity index (χ1v) is 10.1. The number of ether oxygens (including phenoxy) is 2. The van der Waals surface area contributed by atoms with E-state index in [9.17, 15) is 14.7 Å². The lowest BCUT2D eigenvalue weighted by molar-refractivity contribution is -0.123. The van der Waals surface area contributed by atoms with Gasteiger partial charge in [-0.15, -0.1) is 0 Å². The molecular weight excluding hydrogens is 406 g/mol. The van der Waals surface area contributed by atoms with Crippen LogP contribution in [0.3, 0.4) is 0 Å². The molecule has 0 saturated carbocycles. The van der Waals surface area contributed by atoms with E-state index in [2.05, 4.69) is 5.32 Å². The van der Waals surface area contributed by atoms with Crippen LogP contribution in [0.4, 0.5) is 5.69 Å². The summed E-state index contributed by atoms with van der Waals surface area (Å²) in [5.41, 5.74) is 0.539. The number of fused-ring (bicyclic) bond motifs is 1. The molecule has 4 aromatic rings. The summed E-state index contributed by atoms with van der Waals surface area (Å²) in [4.78, 5) is 25.0. The molecule has 0 unspecified atom stereocenters. The van der Waals surface area contributed by atoms with Gasteiger partial charge in [0.05, 0.1) is 0 Å². The van der Waals surface area contributed by atoms with Crippen molar-refractivity contribution in [2.45, 2.75) is 13.0 Å². The zero-order chi connectivity index (χ0) is 22.5. The van der Waals surface area contributed by atoms with Gasteiger partial charge in [-0.3, -0.25) is 4.79 Å². The van der Waals surface area contributed by atoms with Crippen LogP contribution in [0.15, 0.2) is 91.0 Å². The summed E-state index contributed by atoms with van der Waals surface area (Å²) in [5, 5.41) is 14.5. The molecule has 1 atom stereocenters. The molecule has 32 heavy (non-hydrogen) atoms. The molecule has 0 aliphatic rings. The first kappa shape index (κ1) is 20.9. The van der Waals surface area contributed by atoms with Gasteiger partial charge < -0.3 is 19.9 Å². The topological polar surface area (TPSA) is 84.9 Å². The molecule has 0 radical (unpaired) electrons. The number of hydrogen-bond donors (Lipinski definition) is 2. The van der Waals surface area contributed by atoms with E-state index in [0.29, 0.717) is 17.2 Å². The monoisotopic (exact) mass is 427 g/mol. The first-order chi connectivity index (χ1) is 15.5. The molecule has 0 aliphatic carbocycles. The molecule has 2 N–H and O–H groups in total. The predicted molar refractivity (Wildman–Crippen MR) is 122 cm³/mol. The Hall–Kier alpha value is -4.32. The summed E-state index contributed by atoms with van der Waals surface area (Å²) in [6, 6.07) is 26.6. The number of anilines is 1. The van der Waals surface area contributed by atoms with Gasteiger partial charge in [0.2, 0.25) is 0 Å². The van der Waals surface area contributed by atoms with Crippen LogP contribution in [0.5, 0.6) is 17.2 Å². The lowest BCUT2D eigenvalue weighted by Gasteiger charge is -2.15. The van der Waals surface area contributed by atoms with Gasteiger partial charge in [-0.25, -0.2) is 4.79 Å². The minimum absolute atomic E-state index is 0.00534. The fraction of sp³-hybridized carbons (Fsp3) is 0.0769. The second kappa shape index (κ2) is 9.22. The van der Waals surface area contributed by atoms with Crippen LogP contribution in [0.2, 0.25) is 0 Å². The molecule has 0 fully saturated rings. The van der Waals surface area contributed by atoms with Crippen molar-refractivity contribution in [3.63, 3.8) is 0 Å². The van der Waals surface area contributed by atoms with E-state index in [4.69, 9.17) is 9.47 Å². The normalized spacial score (nSPS) is 11.5. The molecule has 4 aromatic carbocycles. The number of nitrogens with one attached hydrogen (secondary N) is 1. The Balaban J connectivity index is 1.37. The molecular formula is C26H21NO5. The Morgan fingerprint density at radius 2 is 1.41 bits per heavy atom. The summed E-state index contributed by atoms with van der Waals surface area (Å²) < 4.78 is 11.0. The Bertz CT molecular complexity index is 1250. The summed E-state index contributed by atoms with van der Waals surface area (Å²) in [5.74, 6) is -0.129. The number of carbonyl (C=O) groups excluding carboxylic acids is 2. The van der Waals surface area contributed by atoms with E-state index in [-0.39, 0.29) is 11.3 Å². The van der Waals surface area contributed by atoms with E-state index in [1.54, 1.807) is 30.3 Å². The fourth-order valence-electron chi connectivity index (χ4n) is 3.14. The van der Waals surface area contributed by atoms with Crippen molar-refractivity contribution in [3.8, 4) is 17.2 Å². The molecule has 0 aromatic heterocycles. The zero-order valence-electron chi connectivity index (χ0n) is 17.3. The fourth-order valence-corrected chi connectivity index (χ4v) is 3.14. The maximum atomic E-state index is 12.5. The van der Waals surface area contributed by atoms with Gasteiger partial charge in [0.15, 0.2) is 6.10 Å². The number of carbonyl (C=O) groups is 2. The second-order valence-electron chi connectivity index (χ2n) is 7.19. The largest absolute Gasteiger partial charge is 0.507 e. The highest BCUT2D eigenvalue weighted by Gasteiger charge is 2.21. The van der Waals surface area contributed by atoms with Crippen LogP contribution in [-0.4, -0.2) is 23.1 Å². The van der Waals surface area contributed by atoms with Crippen LogP contribution >= 0.6 is 0 Å². The number of rotatable bonds is 6. The van der Waals surface area contributed by atoms with Crippen molar-refractivity contribution >= 4 is 28.3 Å². The zero-order valence-corrected chi connectivity index (χ0v) is 17.3. The van der Waals surface area contributed by atoms with Gasteiger partial charge in [0.25, 0.3) is 5.91 Å². The number of benzene rings is 4.